The van der Waals surface area contributed by atoms with Crippen LogP contribution in [0.25, 0.3) is 0 Å². The SMILES string of the molecule is O=C(CCSc1cccc(S)c1)ON1C(=O)CCC1O. The summed E-state index contributed by atoms with van der Waals surface area (Å²) in [7, 11) is 0. The normalized spacial score (nSPS) is 18.4. The number of rotatable bonds is 5. The highest BCUT2D eigenvalue weighted by Crippen LogP contribution is 2.22. The summed E-state index contributed by atoms with van der Waals surface area (Å²) in [5.74, 6) is -0.344. The maximum Gasteiger partial charge on any atom is 0.333 e. The van der Waals surface area contributed by atoms with E-state index in [2.05, 4.69) is 12.6 Å². The lowest BCUT2D eigenvalue weighted by Crippen LogP contribution is -2.35. The van der Waals surface area contributed by atoms with Gasteiger partial charge in [-0.05, 0) is 18.2 Å². The molecule has 0 radical (unpaired) electrons. The minimum atomic E-state index is -1.01. The molecule has 0 aliphatic carbocycles. The van der Waals surface area contributed by atoms with E-state index in [-0.39, 0.29) is 18.7 Å². The van der Waals surface area contributed by atoms with E-state index in [9.17, 15) is 14.7 Å². The molecule has 0 bridgehead atoms. The number of benzene rings is 1. The van der Waals surface area contributed by atoms with Crippen LogP contribution in [0.1, 0.15) is 19.3 Å². The summed E-state index contributed by atoms with van der Waals surface area (Å²) in [6, 6.07) is 7.61. The maximum absolute atomic E-state index is 11.6. The topological polar surface area (TPSA) is 66.8 Å². The molecule has 7 heteroatoms. The van der Waals surface area contributed by atoms with Crippen molar-refractivity contribution in [2.45, 2.75) is 35.3 Å². The summed E-state index contributed by atoms with van der Waals surface area (Å²) in [5.41, 5.74) is 0. The summed E-state index contributed by atoms with van der Waals surface area (Å²) < 4.78 is 0. The van der Waals surface area contributed by atoms with Crippen molar-refractivity contribution in [3.8, 4) is 0 Å². The summed E-state index contributed by atoms with van der Waals surface area (Å²) in [6.45, 7) is 0. The second-order valence-electron chi connectivity index (χ2n) is 4.30. The molecule has 1 aliphatic rings. The number of thioether (sulfide) groups is 1. The largest absolute Gasteiger partial charge is 0.370 e. The number of nitrogens with zero attached hydrogens (tertiary/aromatic N) is 1. The predicted octanol–water partition coefficient (Wildman–Crippen LogP) is 1.86. The summed E-state index contributed by atoms with van der Waals surface area (Å²) in [5, 5.41) is 10.2. The maximum atomic E-state index is 11.6. The van der Waals surface area contributed by atoms with Gasteiger partial charge in [0.1, 0.15) is 0 Å². The monoisotopic (exact) mass is 313 g/mol. The van der Waals surface area contributed by atoms with E-state index in [1.165, 1.54) is 11.8 Å². The Balaban J connectivity index is 1.74. The highest BCUT2D eigenvalue weighted by Gasteiger charge is 2.32. The Morgan fingerprint density at radius 2 is 2.35 bits per heavy atom. The van der Waals surface area contributed by atoms with Crippen LogP contribution >= 0.6 is 24.4 Å². The van der Waals surface area contributed by atoms with Crippen LogP contribution in [0.15, 0.2) is 34.1 Å². The number of thiol groups is 1. The second kappa shape index (κ2) is 7.01. The first-order valence-electron chi connectivity index (χ1n) is 6.19. The van der Waals surface area contributed by atoms with Crippen LogP contribution in [0.4, 0.5) is 0 Å². The first kappa shape index (κ1) is 15.2. The molecule has 5 nitrogen and oxygen atoms in total. The summed E-state index contributed by atoms with van der Waals surface area (Å²) in [4.78, 5) is 29.7. The fourth-order valence-corrected chi connectivity index (χ4v) is 2.94. The van der Waals surface area contributed by atoms with E-state index < -0.39 is 12.2 Å². The van der Waals surface area contributed by atoms with E-state index in [4.69, 9.17) is 4.84 Å². The van der Waals surface area contributed by atoms with Crippen LogP contribution in [0.3, 0.4) is 0 Å². The van der Waals surface area contributed by atoms with Gasteiger partial charge in [-0.25, -0.2) is 4.79 Å². The molecule has 1 atom stereocenters. The summed E-state index contributed by atoms with van der Waals surface area (Å²) in [6.07, 6.45) is -0.342. The number of hydroxylamine groups is 2. The van der Waals surface area contributed by atoms with E-state index in [1.54, 1.807) is 0 Å². The molecule has 0 spiro atoms. The lowest BCUT2D eigenvalue weighted by atomic mass is 10.4. The van der Waals surface area contributed by atoms with Crippen molar-refractivity contribution < 1.29 is 19.5 Å². The van der Waals surface area contributed by atoms with Crippen LogP contribution in [0.2, 0.25) is 0 Å². The molecule has 20 heavy (non-hydrogen) atoms. The third-order valence-electron chi connectivity index (χ3n) is 2.73. The quantitative estimate of drug-likeness (QED) is 0.641. The highest BCUT2D eigenvalue weighted by molar-refractivity contribution is 7.99. The van der Waals surface area contributed by atoms with E-state index in [0.29, 0.717) is 12.2 Å². The molecule has 2 rings (SSSR count). The van der Waals surface area contributed by atoms with Crippen LogP contribution in [0, 0.1) is 0 Å². The van der Waals surface area contributed by atoms with Crippen LogP contribution in [-0.2, 0) is 14.4 Å². The molecule has 1 fully saturated rings. The minimum absolute atomic E-state index is 0.165. The molecule has 0 saturated carbocycles. The Morgan fingerprint density at radius 3 is 3.00 bits per heavy atom. The predicted molar refractivity (Wildman–Crippen MR) is 77.2 cm³/mol. The molecule has 1 unspecified atom stereocenters. The van der Waals surface area contributed by atoms with Gasteiger partial charge in [0.25, 0.3) is 5.91 Å². The molecule has 1 aliphatic heterocycles. The van der Waals surface area contributed by atoms with Crippen molar-refractivity contribution in [3.63, 3.8) is 0 Å². The Hall–Kier alpha value is -1.18. The zero-order chi connectivity index (χ0) is 14.5. The number of carbonyl (C=O) groups excluding carboxylic acids is 2. The zero-order valence-electron chi connectivity index (χ0n) is 10.7. The molecule has 1 aromatic carbocycles. The Bertz CT molecular complexity index is 509. The van der Waals surface area contributed by atoms with Crippen molar-refractivity contribution in [2.24, 2.45) is 0 Å². The van der Waals surface area contributed by atoms with E-state index in [0.717, 1.165) is 14.9 Å². The average Bonchev–Trinajstić information content (AvgIpc) is 2.71. The molecule has 0 aromatic heterocycles. The van der Waals surface area contributed by atoms with Crippen molar-refractivity contribution in [3.05, 3.63) is 24.3 Å². The molecular formula is C13H15NO4S2. The molecule has 1 aromatic rings. The Labute approximate surface area is 126 Å². The third-order valence-corrected chi connectivity index (χ3v) is 4.00. The molecule has 1 amide bonds. The first-order valence-corrected chi connectivity index (χ1v) is 7.62. The van der Waals surface area contributed by atoms with Crippen LogP contribution < -0.4 is 0 Å². The van der Waals surface area contributed by atoms with Gasteiger partial charge in [-0.3, -0.25) is 4.79 Å². The first-order chi connectivity index (χ1) is 9.56. The summed E-state index contributed by atoms with van der Waals surface area (Å²) >= 11 is 5.74. The fourth-order valence-electron chi connectivity index (χ4n) is 1.74. The number of hydrogen-bond donors (Lipinski definition) is 2. The fraction of sp³-hybridized carbons (Fsp3) is 0.385. The van der Waals surface area contributed by atoms with Gasteiger partial charge in [0, 0.05) is 28.4 Å². The van der Waals surface area contributed by atoms with Gasteiger partial charge in [0.2, 0.25) is 0 Å². The van der Waals surface area contributed by atoms with Gasteiger partial charge in [-0.15, -0.1) is 29.5 Å². The number of amides is 1. The highest BCUT2D eigenvalue weighted by atomic mass is 32.2. The van der Waals surface area contributed by atoms with Crippen molar-refractivity contribution in [1.82, 2.24) is 5.06 Å². The lowest BCUT2D eigenvalue weighted by molar-refractivity contribution is -0.220. The molecule has 1 heterocycles. The average molecular weight is 313 g/mol. The van der Waals surface area contributed by atoms with Crippen molar-refractivity contribution in [2.75, 3.05) is 5.75 Å². The van der Waals surface area contributed by atoms with Gasteiger partial charge >= 0.3 is 5.97 Å². The minimum Gasteiger partial charge on any atom is -0.370 e. The standard InChI is InChI=1S/C13H15NO4S2/c15-11-4-5-12(16)14(11)18-13(17)6-7-20-10-3-1-2-9(19)8-10/h1-3,8,11,15,19H,4-7H2. The zero-order valence-corrected chi connectivity index (χ0v) is 12.4. The van der Waals surface area contributed by atoms with Gasteiger partial charge < -0.3 is 9.94 Å². The van der Waals surface area contributed by atoms with E-state index in [1.807, 2.05) is 24.3 Å². The van der Waals surface area contributed by atoms with Crippen molar-refractivity contribution in [1.29, 1.82) is 0 Å². The van der Waals surface area contributed by atoms with Gasteiger partial charge in [-0.2, -0.15) is 0 Å². The van der Waals surface area contributed by atoms with Gasteiger partial charge in [0.15, 0.2) is 6.23 Å². The second-order valence-corrected chi connectivity index (χ2v) is 5.98. The molecular weight excluding hydrogens is 298 g/mol. The van der Waals surface area contributed by atoms with Gasteiger partial charge in [0.05, 0.1) is 6.42 Å². The molecule has 1 N–H and O–H groups in total. The number of carbonyl (C=O) groups is 2. The Morgan fingerprint density at radius 1 is 1.55 bits per heavy atom. The third kappa shape index (κ3) is 4.16. The van der Waals surface area contributed by atoms with Gasteiger partial charge in [-0.1, -0.05) is 6.07 Å². The smallest absolute Gasteiger partial charge is 0.333 e. The molecule has 1 saturated heterocycles. The number of hydrogen-bond acceptors (Lipinski definition) is 6. The molecule has 108 valence electrons. The van der Waals surface area contributed by atoms with E-state index >= 15 is 0 Å². The number of aliphatic hydroxyl groups excluding tert-OH is 1. The Kier molecular flexibility index (Phi) is 5.33. The van der Waals surface area contributed by atoms with Crippen LogP contribution in [-0.4, -0.2) is 34.0 Å². The van der Waals surface area contributed by atoms with Crippen LogP contribution in [0.5, 0.6) is 0 Å². The lowest BCUT2D eigenvalue weighted by Gasteiger charge is -2.18. The van der Waals surface area contributed by atoms with Crippen molar-refractivity contribution >= 4 is 36.3 Å². The number of aliphatic hydroxyl groups is 1.